The first-order chi connectivity index (χ1) is 18.1. The van der Waals surface area contributed by atoms with Crippen LogP contribution in [0, 0.1) is 0 Å². The molecule has 37 heavy (non-hydrogen) atoms. The molecule has 190 valence electrons. The molecule has 1 amide bonds. The second kappa shape index (κ2) is 10.7. The van der Waals surface area contributed by atoms with Gasteiger partial charge in [-0.15, -0.1) is 0 Å². The van der Waals surface area contributed by atoms with Gasteiger partial charge in [0.2, 0.25) is 17.6 Å². The van der Waals surface area contributed by atoms with Crippen LogP contribution in [0.3, 0.4) is 0 Å². The Morgan fingerprint density at radius 3 is 2.49 bits per heavy atom. The molecule has 0 N–H and O–H groups in total. The predicted molar refractivity (Wildman–Crippen MR) is 138 cm³/mol. The summed E-state index contributed by atoms with van der Waals surface area (Å²) in [4.78, 5) is 19.3. The van der Waals surface area contributed by atoms with Crippen LogP contribution in [0.25, 0.3) is 11.4 Å². The van der Waals surface area contributed by atoms with E-state index in [4.69, 9.17) is 18.7 Å². The molecule has 8 nitrogen and oxygen atoms in total. The van der Waals surface area contributed by atoms with Gasteiger partial charge in [-0.05, 0) is 54.4 Å². The Bertz CT molecular complexity index is 1350. The molecule has 1 aromatic heterocycles. The Hall–Kier alpha value is -4.33. The summed E-state index contributed by atoms with van der Waals surface area (Å²) < 4.78 is 22.2. The van der Waals surface area contributed by atoms with E-state index in [0.29, 0.717) is 42.8 Å². The van der Waals surface area contributed by atoms with Gasteiger partial charge in [-0.25, -0.2) is 0 Å². The van der Waals surface area contributed by atoms with E-state index in [1.54, 1.807) is 14.2 Å². The van der Waals surface area contributed by atoms with Crippen molar-refractivity contribution in [3.05, 3.63) is 89.8 Å². The fourth-order valence-electron chi connectivity index (χ4n) is 4.52. The molecule has 0 radical (unpaired) electrons. The maximum absolute atomic E-state index is 12.9. The standard InChI is InChI=1S/C29H29N3O5/c1-19(22-11-14-25(34-2)26(15-22)35-3)32-17-23(16-27(32)33)29-30-28(31-37-29)21-9-12-24(13-10-21)36-18-20-7-5-4-6-8-20/h4-15,19,23H,16-18H2,1-3H3. The normalized spacial score (nSPS) is 16.0. The monoisotopic (exact) mass is 499 g/mol. The van der Waals surface area contributed by atoms with Crippen molar-refractivity contribution in [1.82, 2.24) is 15.0 Å². The highest BCUT2D eigenvalue weighted by Crippen LogP contribution is 2.37. The summed E-state index contributed by atoms with van der Waals surface area (Å²) in [5, 5.41) is 4.16. The van der Waals surface area contributed by atoms with Crippen LogP contribution in [-0.2, 0) is 11.4 Å². The van der Waals surface area contributed by atoms with E-state index in [2.05, 4.69) is 10.1 Å². The van der Waals surface area contributed by atoms with Crippen molar-refractivity contribution < 1.29 is 23.5 Å². The van der Waals surface area contributed by atoms with Crippen LogP contribution in [0.4, 0.5) is 0 Å². The van der Waals surface area contributed by atoms with Gasteiger partial charge in [0.1, 0.15) is 12.4 Å². The van der Waals surface area contributed by atoms with Crippen LogP contribution in [0.2, 0.25) is 0 Å². The number of carbonyl (C=O) groups is 1. The smallest absolute Gasteiger partial charge is 0.232 e. The summed E-state index contributed by atoms with van der Waals surface area (Å²) >= 11 is 0. The highest BCUT2D eigenvalue weighted by atomic mass is 16.5. The summed E-state index contributed by atoms with van der Waals surface area (Å²) in [5.74, 6) is 2.89. The summed E-state index contributed by atoms with van der Waals surface area (Å²) in [7, 11) is 3.20. The summed E-state index contributed by atoms with van der Waals surface area (Å²) in [6, 6.07) is 23.2. The fraction of sp³-hybridized carbons (Fsp3) is 0.276. The lowest BCUT2D eigenvalue weighted by atomic mass is 10.1. The van der Waals surface area contributed by atoms with Gasteiger partial charge in [0.05, 0.1) is 26.2 Å². The SMILES string of the molecule is COc1ccc(C(C)N2CC(c3nc(-c4ccc(OCc5ccccc5)cc4)no3)CC2=O)cc1OC. The maximum atomic E-state index is 12.9. The second-order valence-electron chi connectivity index (χ2n) is 8.99. The van der Waals surface area contributed by atoms with Gasteiger partial charge < -0.3 is 23.6 Å². The fourth-order valence-corrected chi connectivity index (χ4v) is 4.52. The van der Waals surface area contributed by atoms with Crippen molar-refractivity contribution in [2.75, 3.05) is 20.8 Å². The van der Waals surface area contributed by atoms with Gasteiger partial charge in [0.15, 0.2) is 11.5 Å². The number of hydrogen-bond donors (Lipinski definition) is 0. The Morgan fingerprint density at radius 2 is 1.76 bits per heavy atom. The molecule has 2 heterocycles. The summed E-state index contributed by atoms with van der Waals surface area (Å²) in [5.41, 5.74) is 2.89. The quantitative estimate of drug-likeness (QED) is 0.304. The van der Waals surface area contributed by atoms with Crippen LogP contribution in [0.5, 0.6) is 17.2 Å². The van der Waals surface area contributed by atoms with Crippen molar-refractivity contribution in [3.63, 3.8) is 0 Å². The Balaban J connectivity index is 1.24. The lowest BCUT2D eigenvalue weighted by molar-refractivity contribution is -0.129. The molecule has 0 aliphatic carbocycles. The predicted octanol–water partition coefficient (Wildman–Crippen LogP) is 5.41. The van der Waals surface area contributed by atoms with Gasteiger partial charge in [0.25, 0.3) is 0 Å². The van der Waals surface area contributed by atoms with E-state index in [9.17, 15) is 4.79 Å². The molecular weight excluding hydrogens is 470 g/mol. The molecule has 4 aromatic rings. The minimum absolute atomic E-state index is 0.0481. The Kier molecular flexibility index (Phi) is 7.07. The van der Waals surface area contributed by atoms with Crippen LogP contribution in [0.1, 0.15) is 42.3 Å². The van der Waals surface area contributed by atoms with Crippen molar-refractivity contribution in [1.29, 1.82) is 0 Å². The van der Waals surface area contributed by atoms with E-state index in [1.807, 2.05) is 84.6 Å². The Labute approximate surface area is 215 Å². The average Bonchev–Trinajstić information content (AvgIpc) is 3.59. The minimum Gasteiger partial charge on any atom is -0.493 e. The van der Waals surface area contributed by atoms with Crippen LogP contribution in [-0.4, -0.2) is 41.7 Å². The zero-order valence-corrected chi connectivity index (χ0v) is 21.1. The van der Waals surface area contributed by atoms with Gasteiger partial charge in [-0.1, -0.05) is 41.6 Å². The molecule has 1 aliphatic heterocycles. The summed E-state index contributed by atoms with van der Waals surface area (Å²) in [6.45, 7) is 3.00. The molecule has 0 spiro atoms. The van der Waals surface area contributed by atoms with E-state index in [1.165, 1.54) is 0 Å². The van der Waals surface area contributed by atoms with Gasteiger partial charge in [-0.2, -0.15) is 4.98 Å². The van der Waals surface area contributed by atoms with Crippen molar-refractivity contribution >= 4 is 5.91 Å². The number of rotatable bonds is 9. The number of likely N-dealkylation sites (tertiary alicyclic amines) is 1. The van der Waals surface area contributed by atoms with E-state index >= 15 is 0 Å². The third-order valence-electron chi connectivity index (χ3n) is 6.67. The first-order valence-electron chi connectivity index (χ1n) is 12.2. The summed E-state index contributed by atoms with van der Waals surface area (Å²) in [6.07, 6.45) is 0.325. The maximum Gasteiger partial charge on any atom is 0.232 e. The molecule has 1 fully saturated rings. The molecule has 8 heteroatoms. The molecule has 0 bridgehead atoms. The second-order valence-corrected chi connectivity index (χ2v) is 8.99. The lowest BCUT2D eigenvalue weighted by Crippen LogP contribution is -2.28. The number of nitrogens with zero attached hydrogens (tertiary/aromatic N) is 3. The largest absolute Gasteiger partial charge is 0.493 e. The molecule has 1 saturated heterocycles. The van der Waals surface area contributed by atoms with Crippen molar-refractivity contribution in [2.24, 2.45) is 0 Å². The van der Waals surface area contributed by atoms with Gasteiger partial charge in [-0.3, -0.25) is 4.79 Å². The topological polar surface area (TPSA) is 86.9 Å². The number of ether oxygens (including phenoxy) is 3. The highest BCUT2D eigenvalue weighted by Gasteiger charge is 2.37. The zero-order valence-electron chi connectivity index (χ0n) is 21.1. The van der Waals surface area contributed by atoms with Crippen molar-refractivity contribution in [2.45, 2.75) is 31.9 Å². The molecule has 2 unspecified atom stereocenters. The van der Waals surface area contributed by atoms with Gasteiger partial charge in [0, 0.05) is 18.5 Å². The number of methoxy groups -OCH3 is 2. The molecule has 1 aliphatic rings. The lowest BCUT2D eigenvalue weighted by Gasteiger charge is -2.25. The highest BCUT2D eigenvalue weighted by molar-refractivity contribution is 5.80. The van der Waals surface area contributed by atoms with E-state index < -0.39 is 0 Å². The minimum atomic E-state index is -0.162. The molecule has 3 aromatic carbocycles. The number of amides is 1. The zero-order chi connectivity index (χ0) is 25.8. The Morgan fingerprint density at radius 1 is 1.00 bits per heavy atom. The van der Waals surface area contributed by atoms with Gasteiger partial charge >= 0.3 is 0 Å². The van der Waals surface area contributed by atoms with E-state index in [0.717, 1.165) is 22.4 Å². The number of hydrogen-bond acceptors (Lipinski definition) is 7. The van der Waals surface area contributed by atoms with Crippen LogP contribution >= 0.6 is 0 Å². The molecule has 5 rings (SSSR count). The number of benzene rings is 3. The third kappa shape index (κ3) is 5.28. The average molecular weight is 500 g/mol. The first kappa shape index (κ1) is 24.4. The molecule has 2 atom stereocenters. The van der Waals surface area contributed by atoms with Crippen molar-refractivity contribution in [3.8, 4) is 28.6 Å². The van der Waals surface area contributed by atoms with Crippen LogP contribution in [0.15, 0.2) is 77.3 Å². The third-order valence-corrected chi connectivity index (χ3v) is 6.67. The van der Waals surface area contributed by atoms with E-state index in [-0.39, 0.29) is 17.9 Å². The number of aromatic nitrogens is 2. The molecular formula is C29H29N3O5. The number of carbonyl (C=O) groups excluding carboxylic acids is 1. The van der Waals surface area contributed by atoms with Crippen LogP contribution < -0.4 is 14.2 Å². The molecule has 0 saturated carbocycles. The first-order valence-corrected chi connectivity index (χ1v) is 12.2.